The molecule has 2 atom stereocenters. The van der Waals surface area contributed by atoms with Gasteiger partial charge < -0.3 is 15.7 Å². The minimum absolute atomic E-state index is 0.00225. The van der Waals surface area contributed by atoms with E-state index in [0.29, 0.717) is 44.7 Å². The van der Waals surface area contributed by atoms with E-state index >= 15 is 0 Å². The zero-order valence-corrected chi connectivity index (χ0v) is 20.2. The minimum atomic E-state index is -0.952. The van der Waals surface area contributed by atoms with Gasteiger partial charge in [-0.1, -0.05) is 81.8 Å². The summed E-state index contributed by atoms with van der Waals surface area (Å²) in [6, 6.07) is 18.2. The summed E-state index contributed by atoms with van der Waals surface area (Å²) in [6.07, 6.45) is 3.05. The van der Waals surface area contributed by atoms with Crippen LogP contribution in [0.3, 0.4) is 0 Å². The fourth-order valence-corrected chi connectivity index (χ4v) is 5.02. The Morgan fingerprint density at radius 3 is 2.06 bits per heavy atom. The van der Waals surface area contributed by atoms with E-state index in [4.69, 9.17) is 5.73 Å². The van der Waals surface area contributed by atoms with Crippen LogP contribution in [0.15, 0.2) is 54.6 Å². The Labute approximate surface area is 198 Å². The summed E-state index contributed by atoms with van der Waals surface area (Å²) < 4.78 is 0. The Hall–Kier alpha value is -2.66. The monoisotopic (exact) mass is 450 g/mol. The molecule has 0 spiro atoms. The summed E-state index contributed by atoms with van der Waals surface area (Å²) in [7, 11) is 0. The van der Waals surface area contributed by atoms with Crippen molar-refractivity contribution in [1.82, 2.24) is 4.90 Å². The van der Waals surface area contributed by atoms with Crippen molar-refractivity contribution < 1.29 is 14.7 Å². The van der Waals surface area contributed by atoms with Gasteiger partial charge in [0.1, 0.15) is 0 Å². The molecule has 2 aromatic carbocycles. The Balaban J connectivity index is 1.70. The summed E-state index contributed by atoms with van der Waals surface area (Å²) in [5.74, 6) is -0.914. The molecule has 5 heteroatoms. The lowest BCUT2D eigenvalue weighted by Gasteiger charge is -2.40. The first-order valence-corrected chi connectivity index (χ1v) is 12.2. The fraction of sp³-hybridized carbons (Fsp3) is 0.500. The van der Waals surface area contributed by atoms with E-state index in [1.165, 1.54) is 0 Å². The van der Waals surface area contributed by atoms with E-state index in [-0.39, 0.29) is 11.8 Å². The number of amides is 2. The van der Waals surface area contributed by atoms with Gasteiger partial charge in [0, 0.05) is 24.9 Å². The molecular weight excluding hydrogens is 412 g/mol. The van der Waals surface area contributed by atoms with E-state index in [1.807, 2.05) is 54.3 Å². The molecule has 1 aliphatic heterocycles. The van der Waals surface area contributed by atoms with Crippen LogP contribution in [0.4, 0.5) is 0 Å². The van der Waals surface area contributed by atoms with Gasteiger partial charge in [-0.2, -0.15) is 0 Å². The number of carbonyl (C=O) groups is 2. The number of hydrogen-bond donors (Lipinski definition) is 2. The number of hydrogen-bond acceptors (Lipinski definition) is 3. The van der Waals surface area contributed by atoms with E-state index in [0.717, 1.165) is 23.1 Å². The van der Waals surface area contributed by atoms with Gasteiger partial charge in [-0.15, -0.1) is 0 Å². The molecule has 2 aromatic rings. The third kappa shape index (κ3) is 6.02. The van der Waals surface area contributed by atoms with E-state index in [9.17, 15) is 14.7 Å². The molecule has 33 heavy (non-hydrogen) atoms. The van der Waals surface area contributed by atoms with Crippen LogP contribution >= 0.6 is 0 Å². The van der Waals surface area contributed by atoms with Crippen LogP contribution in [0.2, 0.25) is 0 Å². The predicted octanol–water partition coefficient (Wildman–Crippen LogP) is 4.73. The Kier molecular flexibility index (Phi) is 8.30. The molecule has 5 nitrogen and oxygen atoms in total. The number of nitrogens with two attached hydrogens (primary N) is 1. The first kappa shape index (κ1) is 25.0. The van der Waals surface area contributed by atoms with Gasteiger partial charge in [0.25, 0.3) is 0 Å². The topological polar surface area (TPSA) is 83.6 Å². The van der Waals surface area contributed by atoms with Crippen LogP contribution in [0.25, 0.3) is 11.1 Å². The number of piperidine rings is 1. The molecule has 1 aliphatic rings. The molecule has 178 valence electrons. The highest BCUT2D eigenvalue weighted by Crippen LogP contribution is 2.36. The lowest BCUT2D eigenvalue weighted by atomic mass is 9.79. The lowest BCUT2D eigenvalue weighted by Crippen LogP contribution is -2.49. The SMILES string of the molecule is CCC[C@@H](C(N)=O)[C@@H](CC(C)C)C(=O)N1CCC(O)(c2ccc(-c3ccccc3)cc2)CC1. The fourth-order valence-electron chi connectivity index (χ4n) is 5.02. The zero-order valence-electron chi connectivity index (χ0n) is 20.2. The van der Waals surface area contributed by atoms with Crippen molar-refractivity contribution in [3.05, 3.63) is 60.2 Å². The first-order chi connectivity index (χ1) is 15.7. The molecule has 0 aliphatic carbocycles. The maximum atomic E-state index is 13.4. The van der Waals surface area contributed by atoms with Gasteiger partial charge in [-0.3, -0.25) is 9.59 Å². The number of benzene rings is 2. The van der Waals surface area contributed by atoms with E-state index < -0.39 is 17.4 Å². The summed E-state index contributed by atoms with van der Waals surface area (Å²) in [5.41, 5.74) is 7.88. The molecule has 0 saturated carbocycles. The van der Waals surface area contributed by atoms with Gasteiger partial charge in [-0.25, -0.2) is 0 Å². The maximum absolute atomic E-state index is 13.4. The van der Waals surface area contributed by atoms with Crippen molar-refractivity contribution in [2.45, 2.75) is 58.5 Å². The average Bonchev–Trinajstić information content (AvgIpc) is 2.81. The lowest BCUT2D eigenvalue weighted by molar-refractivity contribution is -0.146. The van der Waals surface area contributed by atoms with Gasteiger partial charge >= 0.3 is 0 Å². The van der Waals surface area contributed by atoms with Crippen LogP contribution in [-0.2, 0) is 15.2 Å². The van der Waals surface area contributed by atoms with E-state index in [1.54, 1.807) is 0 Å². The van der Waals surface area contributed by atoms with Gasteiger partial charge in [0.05, 0.1) is 5.60 Å². The Morgan fingerprint density at radius 2 is 1.55 bits per heavy atom. The highest BCUT2D eigenvalue weighted by molar-refractivity contribution is 5.87. The third-order valence-electron chi connectivity index (χ3n) is 6.93. The summed E-state index contributed by atoms with van der Waals surface area (Å²) in [5, 5.41) is 11.4. The molecule has 1 heterocycles. The molecular formula is C28H38N2O3. The molecule has 0 unspecified atom stereocenters. The van der Waals surface area contributed by atoms with Crippen LogP contribution in [-0.4, -0.2) is 34.9 Å². The first-order valence-electron chi connectivity index (χ1n) is 12.2. The van der Waals surface area contributed by atoms with Crippen molar-refractivity contribution in [2.75, 3.05) is 13.1 Å². The molecule has 3 N–H and O–H groups in total. The molecule has 3 rings (SSSR count). The number of nitrogens with zero attached hydrogens (tertiary/aromatic N) is 1. The molecule has 1 fully saturated rings. The highest BCUT2D eigenvalue weighted by Gasteiger charge is 2.40. The average molecular weight is 451 g/mol. The second-order valence-corrected chi connectivity index (χ2v) is 9.83. The van der Waals surface area contributed by atoms with E-state index in [2.05, 4.69) is 26.0 Å². The van der Waals surface area contributed by atoms with Crippen molar-refractivity contribution in [2.24, 2.45) is 23.5 Å². The third-order valence-corrected chi connectivity index (χ3v) is 6.93. The second kappa shape index (κ2) is 11.0. The van der Waals surface area contributed by atoms with Crippen LogP contribution < -0.4 is 5.73 Å². The normalized spacial score (nSPS) is 17.5. The Morgan fingerprint density at radius 1 is 0.970 bits per heavy atom. The number of likely N-dealkylation sites (tertiary alicyclic amines) is 1. The van der Waals surface area contributed by atoms with Gasteiger partial charge in [-0.05, 0) is 48.3 Å². The Bertz CT molecular complexity index is 916. The quantitative estimate of drug-likeness (QED) is 0.579. The minimum Gasteiger partial charge on any atom is -0.385 e. The zero-order chi connectivity index (χ0) is 24.0. The van der Waals surface area contributed by atoms with Crippen molar-refractivity contribution in [3.8, 4) is 11.1 Å². The van der Waals surface area contributed by atoms with Crippen LogP contribution in [0.1, 0.15) is 58.4 Å². The molecule has 2 amide bonds. The summed E-state index contributed by atoms with van der Waals surface area (Å²) in [4.78, 5) is 27.4. The predicted molar refractivity (Wildman–Crippen MR) is 132 cm³/mol. The highest BCUT2D eigenvalue weighted by atomic mass is 16.3. The van der Waals surface area contributed by atoms with Gasteiger partial charge in [0.15, 0.2) is 0 Å². The molecule has 0 radical (unpaired) electrons. The smallest absolute Gasteiger partial charge is 0.226 e. The largest absolute Gasteiger partial charge is 0.385 e. The van der Waals surface area contributed by atoms with Crippen molar-refractivity contribution >= 4 is 11.8 Å². The molecule has 0 aromatic heterocycles. The number of carbonyl (C=O) groups excluding carboxylic acids is 2. The van der Waals surface area contributed by atoms with Gasteiger partial charge in [0.2, 0.25) is 11.8 Å². The summed E-state index contributed by atoms with van der Waals surface area (Å²) >= 11 is 0. The van der Waals surface area contributed by atoms with Crippen molar-refractivity contribution in [1.29, 1.82) is 0 Å². The standard InChI is InChI=1S/C28H38N2O3/c1-4-8-24(26(29)31)25(19-20(2)3)27(32)30-17-15-28(33,16-18-30)23-13-11-22(12-14-23)21-9-6-5-7-10-21/h5-7,9-14,20,24-25,33H,4,8,15-19H2,1-3H3,(H2,29,31)/t24-,25-/m1/s1. The van der Waals surface area contributed by atoms with Crippen molar-refractivity contribution in [3.63, 3.8) is 0 Å². The maximum Gasteiger partial charge on any atom is 0.226 e. The molecule has 0 bridgehead atoms. The number of primary amides is 1. The molecule has 1 saturated heterocycles. The second-order valence-electron chi connectivity index (χ2n) is 9.83. The summed E-state index contributed by atoms with van der Waals surface area (Å²) in [6.45, 7) is 7.09. The van der Waals surface area contributed by atoms with Crippen LogP contribution in [0, 0.1) is 17.8 Å². The number of aliphatic hydroxyl groups is 1. The number of rotatable bonds is 9. The van der Waals surface area contributed by atoms with Crippen LogP contribution in [0.5, 0.6) is 0 Å².